The van der Waals surface area contributed by atoms with E-state index in [0.717, 1.165) is 54.8 Å². The first-order valence-electron chi connectivity index (χ1n) is 10.0. The first-order chi connectivity index (χ1) is 13.7. The molecule has 6 heteroatoms. The molecule has 1 saturated heterocycles. The summed E-state index contributed by atoms with van der Waals surface area (Å²) < 4.78 is 7.60. The lowest BCUT2D eigenvalue weighted by Crippen LogP contribution is -2.41. The van der Waals surface area contributed by atoms with Crippen LogP contribution in [0.15, 0.2) is 48.7 Å². The Balaban J connectivity index is 1.43. The van der Waals surface area contributed by atoms with Crippen LogP contribution < -0.4 is 4.74 Å². The van der Waals surface area contributed by atoms with Crippen molar-refractivity contribution in [3.8, 4) is 5.75 Å². The van der Waals surface area contributed by atoms with E-state index >= 15 is 0 Å². The predicted octanol–water partition coefficient (Wildman–Crippen LogP) is 3.63. The summed E-state index contributed by atoms with van der Waals surface area (Å²) in [5.41, 5.74) is 1.99. The van der Waals surface area contributed by atoms with Gasteiger partial charge in [0.25, 0.3) is 5.91 Å². The maximum Gasteiger partial charge on any atom is 0.260 e. The largest absolute Gasteiger partial charge is 0.484 e. The number of piperidine rings is 1. The van der Waals surface area contributed by atoms with Crippen LogP contribution in [0.4, 0.5) is 0 Å². The molecule has 1 aromatic carbocycles. The fourth-order valence-corrected chi connectivity index (χ4v) is 3.77. The highest BCUT2D eigenvalue weighted by Crippen LogP contribution is 2.27. The van der Waals surface area contributed by atoms with Crippen LogP contribution >= 0.6 is 0 Å². The molecule has 6 nitrogen and oxygen atoms in total. The van der Waals surface area contributed by atoms with Crippen LogP contribution in [0, 0.1) is 0 Å². The minimum atomic E-state index is 0.0330. The Morgan fingerprint density at radius 2 is 2.07 bits per heavy atom. The Labute approximate surface area is 165 Å². The average molecular weight is 378 g/mol. The van der Waals surface area contributed by atoms with Crippen LogP contribution in [0.25, 0.3) is 11.0 Å². The van der Waals surface area contributed by atoms with E-state index in [1.54, 1.807) is 0 Å². The van der Waals surface area contributed by atoms with Crippen molar-refractivity contribution < 1.29 is 9.53 Å². The van der Waals surface area contributed by atoms with Gasteiger partial charge in [-0.15, -0.1) is 0 Å². The van der Waals surface area contributed by atoms with Crippen LogP contribution in [0.3, 0.4) is 0 Å². The SMILES string of the molecule is CCCn1ncc2ccc([C@H]3CCCN(C(=O)COc4ccccc4)C3)nc21. The topological polar surface area (TPSA) is 60.2 Å². The molecule has 0 spiro atoms. The molecule has 0 bridgehead atoms. The maximum absolute atomic E-state index is 12.6. The summed E-state index contributed by atoms with van der Waals surface area (Å²) in [6.07, 6.45) is 4.93. The third kappa shape index (κ3) is 4.01. The molecule has 3 heterocycles. The number of carbonyl (C=O) groups excluding carboxylic acids is 1. The van der Waals surface area contributed by atoms with Crippen LogP contribution in [0.5, 0.6) is 5.75 Å². The molecular formula is C22H26N4O2. The van der Waals surface area contributed by atoms with E-state index in [2.05, 4.69) is 24.2 Å². The number of ether oxygens (including phenoxy) is 1. The number of carbonyl (C=O) groups is 1. The number of hydrogen-bond donors (Lipinski definition) is 0. The van der Waals surface area contributed by atoms with E-state index in [9.17, 15) is 4.79 Å². The summed E-state index contributed by atoms with van der Waals surface area (Å²) in [5.74, 6) is 1.01. The lowest BCUT2D eigenvalue weighted by atomic mass is 9.94. The zero-order valence-electron chi connectivity index (χ0n) is 16.3. The highest BCUT2D eigenvalue weighted by atomic mass is 16.5. The van der Waals surface area contributed by atoms with Gasteiger partial charge in [-0.1, -0.05) is 25.1 Å². The van der Waals surface area contributed by atoms with Gasteiger partial charge in [-0.05, 0) is 43.5 Å². The monoisotopic (exact) mass is 378 g/mol. The summed E-state index contributed by atoms with van der Waals surface area (Å²) in [7, 11) is 0. The van der Waals surface area contributed by atoms with Crippen molar-refractivity contribution in [3.63, 3.8) is 0 Å². The van der Waals surface area contributed by atoms with E-state index < -0.39 is 0 Å². The van der Waals surface area contributed by atoms with Gasteiger partial charge in [0.2, 0.25) is 0 Å². The number of fused-ring (bicyclic) bond motifs is 1. The summed E-state index contributed by atoms with van der Waals surface area (Å²) in [5, 5.41) is 5.51. The number of para-hydroxylation sites is 1. The average Bonchev–Trinajstić information content (AvgIpc) is 3.15. The van der Waals surface area contributed by atoms with Crippen molar-refractivity contribution in [2.45, 2.75) is 38.6 Å². The molecule has 0 N–H and O–H groups in total. The minimum absolute atomic E-state index is 0.0330. The Morgan fingerprint density at radius 3 is 2.89 bits per heavy atom. The zero-order chi connectivity index (χ0) is 19.3. The van der Waals surface area contributed by atoms with Crippen LogP contribution in [-0.4, -0.2) is 45.3 Å². The molecule has 0 aliphatic carbocycles. The van der Waals surface area contributed by atoms with Crippen molar-refractivity contribution in [2.24, 2.45) is 0 Å². The lowest BCUT2D eigenvalue weighted by Gasteiger charge is -2.32. The number of benzene rings is 1. The van der Waals surface area contributed by atoms with Crippen molar-refractivity contribution in [1.82, 2.24) is 19.7 Å². The molecule has 2 aromatic heterocycles. The molecule has 4 rings (SSSR count). The van der Waals surface area contributed by atoms with Gasteiger partial charge in [-0.3, -0.25) is 4.79 Å². The Kier molecular flexibility index (Phi) is 5.55. The van der Waals surface area contributed by atoms with Crippen molar-refractivity contribution in [3.05, 3.63) is 54.4 Å². The van der Waals surface area contributed by atoms with Crippen molar-refractivity contribution >= 4 is 16.9 Å². The van der Waals surface area contributed by atoms with E-state index in [4.69, 9.17) is 9.72 Å². The standard InChI is InChI=1S/C22H26N4O2/c1-2-12-26-22-17(14-23-26)10-11-20(24-22)18-7-6-13-25(15-18)21(27)16-28-19-8-4-3-5-9-19/h3-5,8-11,14,18H,2,6-7,12-13,15-16H2,1H3/t18-/m0/s1. The normalized spacial score (nSPS) is 17.0. The molecule has 0 radical (unpaired) electrons. The van der Waals surface area contributed by atoms with Gasteiger partial charge in [0, 0.05) is 36.6 Å². The number of amides is 1. The van der Waals surface area contributed by atoms with Gasteiger partial charge in [0.1, 0.15) is 5.75 Å². The van der Waals surface area contributed by atoms with Crippen LogP contribution in [0.1, 0.15) is 37.8 Å². The number of hydrogen-bond acceptors (Lipinski definition) is 4. The second kappa shape index (κ2) is 8.42. The number of aryl methyl sites for hydroxylation is 1. The number of pyridine rings is 1. The third-order valence-electron chi connectivity index (χ3n) is 5.24. The molecule has 3 aromatic rings. The van der Waals surface area contributed by atoms with Gasteiger partial charge in [0.15, 0.2) is 12.3 Å². The van der Waals surface area contributed by atoms with Crippen LogP contribution in [0.2, 0.25) is 0 Å². The maximum atomic E-state index is 12.6. The fraction of sp³-hybridized carbons (Fsp3) is 0.409. The molecule has 146 valence electrons. The number of nitrogens with zero attached hydrogens (tertiary/aromatic N) is 4. The van der Waals surface area contributed by atoms with Gasteiger partial charge >= 0.3 is 0 Å². The van der Waals surface area contributed by atoms with Crippen LogP contribution in [-0.2, 0) is 11.3 Å². The molecule has 1 atom stereocenters. The minimum Gasteiger partial charge on any atom is -0.484 e. The quantitative estimate of drug-likeness (QED) is 0.657. The number of aromatic nitrogens is 3. The number of likely N-dealkylation sites (tertiary alicyclic amines) is 1. The molecule has 1 aliphatic rings. The second-order valence-corrected chi connectivity index (χ2v) is 7.30. The smallest absolute Gasteiger partial charge is 0.260 e. The molecule has 1 fully saturated rings. The Hall–Kier alpha value is -2.89. The summed E-state index contributed by atoms with van der Waals surface area (Å²) in [6.45, 7) is 4.55. The molecule has 0 unspecified atom stereocenters. The molecule has 1 amide bonds. The summed E-state index contributed by atoms with van der Waals surface area (Å²) in [6, 6.07) is 13.6. The van der Waals surface area contributed by atoms with Crippen molar-refractivity contribution in [1.29, 1.82) is 0 Å². The van der Waals surface area contributed by atoms with E-state index in [-0.39, 0.29) is 18.4 Å². The molecule has 0 saturated carbocycles. The van der Waals surface area contributed by atoms with E-state index in [0.29, 0.717) is 6.54 Å². The third-order valence-corrected chi connectivity index (χ3v) is 5.24. The first kappa shape index (κ1) is 18.5. The Morgan fingerprint density at radius 1 is 1.21 bits per heavy atom. The molecule has 28 heavy (non-hydrogen) atoms. The van der Waals surface area contributed by atoms with Gasteiger partial charge in [-0.2, -0.15) is 5.10 Å². The summed E-state index contributed by atoms with van der Waals surface area (Å²) in [4.78, 5) is 19.4. The summed E-state index contributed by atoms with van der Waals surface area (Å²) >= 11 is 0. The lowest BCUT2D eigenvalue weighted by molar-refractivity contribution is -0.134. The molecular weight excluding hydrogens is 352 g/mol. The predicted molar refractivity (Wildman–Crippen MR) is 108 cm³/mol. The Bertz CT molecular complexity index is 938. The van der Waals surface area contributed by atoms with E-state index in [1.807, 2.05) is 46.1 Å². The van der Waals surface area contributed by atoms with Gasteiger partial charge in [0.05, 0.1) is 6.20 Å². The van der Waals surface area contributed by atoms with Gasteiger partial charge in [-0.25, -0.2) is 9.67 Å². The first-order valence-corrected chi connectivity index (χ1v) is 10.0. The highest BCUT2D eigenvalue weighted by Gasteiger charge is 2.26. The fourth-order valence-electron chi connectivity index (χ4n) is 3.77. The highest BCUT2D eigenvalue weighted by molar-refractivity contribution is 5.78. The second-order valence-electron chi connectivity index (χ2n) is 7.30. The number of rotatable bonds is 6. The van der Waals surface area contributed by atoms with Crippen molar-refractivity contribution in [2.75, 3.05) is 19.7 Å². The van der Waals surface area contributed by atoms with Gasteiger partial charge < -0.3 is 9.64 Å². The molecule has 1 aliphatic heterocycles. The van der Waals surface area contributed by atoms with E-state index in [1.165, 1.54) is 0 Å². The zero-order valence-corrected chi connectivity index (χ0v) is 16.3.